The van der Waals surface area contributed by atoms with Crippen molar-refractivity contribution in [1.29, 1.82) is 0 Å². The predicted molar refractivity (Wildman–Crippen MR) is 81.7 cm³/mol. The van der Waals surface area contributed by atoms with Crippen LogP contribution in [0.4, 0.5) is 0 Å². The number of rotatable bonds is 4. The highest BCUT2D eigenvalue weighted by atomic mass is 32.1. The highest BCUT2D eigenvalue weighted by Gasteiger charge is 2.16. The minimum Gasteiger partial charge on any atom is -0.465 e. The zero-order valence-electron chi connectivity index (χ0n) is 12.4. The lowest BCUT2D eigenvalue weighted by atomic mass is 9.95. The maximum atomic E-state index is 5.63. The van der Waals surface area contributed by atoms with E-state index in [4.69, 9.17) is 4.42 Å². The average molecular weight is 277 g/mol. The third-order valence-electron chi connectivity index (χ3n) is 3.17. The molecule has 2 heterocycles. The molecule has 3 heteroatoms. The lowest BCUT2D eigenvalue weighted by Crippen LogP contribution is -2.16. The van der Waals surface area contributed by atoms with E-state index in [2.05, 4.69) is 45.1 Å². The van der Waals surface area contributed by atoms with Crippen molar-refractivity contribution in [3.05, 3.63) is 45.5 Å². The molecule has 0 amide bonds. The number of aryl methyl sites for hydroxylation is 1. The molecule has 0 saturated heterocycles. The Morgan fingerprint density at radius 1 is 1.21 bits per heavy atom. The Morgan fingerprint density at radius 2 is 1.95 bits per heavy atom. The third kappa shape index (κ3) is 3.71. The van der Waals surface area contributed by atoms with Gasteiger partial charge in [-0.3, -0.25) is 0 Å². The molecule has 0 aromatic carbocycles. The molecule has 2 aromatic heterocycles. The number of hydrogen-bond donors (Lipinski definition) is 1. The van der Waals surface area contributed by atoms with Crippen molar-refractivity contribution in [3.63, 3.8) is 0 Å². The molecule has 2 aromatic rings. The van der Waals surface area contributed by atoms with Gasteiger partial charge in [0, 0.05) is 16.3 Å². The number of nitrogens with one attached hydrogen (secondary N) is 1. The summed E-state index contributed by atoms with van der Waals surface area (Å²) < 4.78 is 5.63. The summed E-state index contributed by atoms with van der Waals surface area (Å²) in [4.78, 5) is 2.81. The maximum Gasteiger partial charge on any atom is 0.120 e. The normalized spacial score (nSPS) is 13.7. The SMILES string of the molecule is Cc1ccc(C(C)NCc2ccc(C(C)(C)C)s2)o1. The molecular formula is C16H23NOS. The summed E-state index contributed by atoms with van der Waals surface area (Å²) in [5, 5.41) is 3.51. The summed E-state index contributed by atoms with van der Waals surface area (Å²) in [5.74, 6) is 1.97. The number of furan rings is 1. The van der Waals surface area contributed by atoms with E-state index in [0.717, 1.165) is 18.1 Å². The van der Waals surface area contributed by atoms with E-state index in [1.165, 1.54) is 9.75 Å². The van der Waals surface area contributed by atoms with Crippen LogP contribution in [-0.2, 0) is 12.0 Å². The third-order valence-corrected chi connectivity index (χ3v) is 4.68. The van der Waals surface area contributed by atoms with Gasteiger partial charge in [-0.1, -0.05) is 20.8 Å². The molecule has 0 aliphatic rings. The van der Waals surface area contributed by atoms with Crippen molar-refractivity contribution in [2.24, 2.45) is 0 Å². The van der Waals surface area contributed by atoms with Crippen LogP contribution in [0.25, 0.3) is 0 Å². The van der Waals surface area contributed by atoms with E-state index < -0.39 is 0 Å². The van der Waals surface area contributed by atoms with Crippen molar-refractivity contribution >= 4 is 11.3 Å². The molecule has 0 fully saturated rings. The molecule has 0 bridgehead atoms. The van der Waals surface area contributed by atoms with Gasteiger partial charge >= 0.3 is 0 Å². The van der Waals surface area contributed by atoms with Gasteiger partial charge < -0.3 is 9.73 Å². The van der Waals surface area contributed by atoms with E-state index in [9.17, 15) is 0 Å². The van der Waals surface area contributed by atoms with Crippen LogP contribution in [0.1, 0.15) is 55.0 Å². The Balaban J connectivity index is 1.94. The number of hydrogen-bond acceptors (Lipinski definition) is 3. The first-order chi connectivity index (χ1) is 8.86. The van der Waals surface area contributed by atoms with Crippen LogP contribution in [0, 0.1) is 6.92 Å². The molecule has 1 unspecified atom stereocenters. The van der Waals surface area contributed by atoms with Gasteiger partial charge in [0.1, 0.15) is 11.5 Å². The lowest BCUT2D eigenvalue weighted by molar-refractivity contribution is 0.416. The Labute approximate surface area is 119 Å². The minimum absolute atomic E-state index is 0.243. The minimum atomic E-state index is 0.243. The number of thiophene rings is 1. The van der Waals surface area contributed by atoms with E-state index in [-0.39, 0.29) is 11.5 Å². The van der Waals surface area contributed by atoms with Gasteiger partial charge in [-0.25, -0.2) is 0 Å². The van der Waals surface area contributed by atoms with Gasteiger partial charge in [-0.05, 0) is 43.5 Å². The highest BCUT2D eigenvalue weighted by molar-refractivity contribution is 7.12. The molecule has 19 heavy (non-hydrogen) atoms. The first-order valence-corrected chi connectivity index (χ1v) is 7.57. The van der Waals surface area contributed by atoms with E-state index in [1.54, 1.807) is 0 Å². The first-order valence-electron chi connectivity index (χ1n) is 6.75. The monoisotopic (exact) mass is 277 g/mol. The summed E-state index contributed by atoms with van der Waals surface area (Å²) in [6.45, 7) is 11.8. The Kier molecular flexibility index (Phi) is 4.16. The van der Waals surface area contributed by atoms with E-state index in [1.807, 2.05) is 30.4 Å². The van der Waals surface area contributed by atoms with Crippen LogP contribution in [0.2, 0.25) is 0 Å². The van der Waals surface area contributed by atoms with Crippen molar-refractivity contribution < 1.29 is 4.42 Å². The molecule has 0 aliphatic carbocycles. The van der Waals surface area contributed by atoms with Gasteiger partial charge in [0.25, 0.3) is 0 Å². The molecule has 0 radical (unpaired) electrons. The van der Waals surface area contributed by atoms with Gasteiger partial charge in [0.15, 0.2) is 0 Å². The van der Waals surface area contributed by atoms with Crippen molar-refractivity contribution in [3.8, 4) is 0 Å². The second-order valence-corrected chi connectivity index (χ2v) is 7.24. The van der Waals surface area contributed by atoms with Gasteiger partial charge in [0.2, 0.25) is 0 Å². The summed E-state index contributed by atoms with van der Waals surface area (Å²) in [6, 6.07) is 8.76. The highest BCUT2D eigenvalue weighted by Crippen LogP contribution is 2.29. The second kappa shape index (κ2) is 5.51. The van der Waals surface area contributed by atoms with Crippen LogP contribution >= 0.6 is 11.3 Å². The summed E-state index contributed by atoms with van der Waals surface area (Å²) in [5.41, 5.74) is 0.243. The van der Waals surface area contributed by atoms with Crippen molar-refractivity contribution in [2.45, 2.75) is 52.6 Å². The molecule has 2 rings (SSSR count). The molecule has 0 saturated carbocycles. The zero-order valence-corrected chi connectivity index (χ0v) is 13.2. The standard InChI is InChI=1S/C16H23NOS/c1-11-6-8-14(18-11)12(2)17-10-13-7-9-15(19-13)16(3,4)5/h6-9,12,17H,10H2,1-5H3. The Hall–Kier alpha value is -1.06. The molecule has 0 aliphatic heterocycles. The summed E-state index contributed by atoms with van der Waals surface area (Å²) >= 11 is 1.89. The Morgan fingerprint density at radius 3 is 2.47 bits per heavy atom. The molecule has 0 spiro atoms. The molecule has 104 valence electrons. The fourth-order valence-electron chi connectivity index (χ4n) is 1.92. The van der Waals surface area contributed by atoms with Crippen molar-refractivity contribution in [1.82, 2.24) is 5.32 Å². The van der Waals surface area contributed by atoms with E-state index >= 15 is 0 Å². The summed E-state index contributed by atoms with van der Waals surface area (Å²) in [6.07, 6.45) is 0. The second-order valence-electron chi connectivity index (χ2n) is 6.07. The smallest absolute Gasteiger partial charge is 0.120 e. The molecular weight excluding hydrogens is 254 g/mol. The van der Waals surface area contributed by atoms with Gasteiger partial charge in [0.05, 0.1) is 6.04 Å². The quantitative estimate of drug-likeness (QED) is 0.868. The van der Waals surface area contributed by atoms with Crippen LogP contribution in [0.15, 0.2) is 28.7 Å². The van der Waals surface area contributed by atoms with E-state index in [0.29, 0.717) is 0 Å². The predicted octanol–water partition coefficient (Wildman–Crippen LogP) is 4.80. The lowest BCUT2D eigenvalue weighted by Gasteiger charge is -2.15. The molecule has 2 nitrogen and oxygen atoms in total. The van der Waals surface area contributed by atoms with Crippen LogP contribution in [0.3, 0.4) is 0 Å². The zero-order chi connectivity index (χ0) is 14.0. The average Bonchev–Trinajstić information content (AvgIpc) is 2.93. The Bertz CT molecular complexity index is 533. The molecule has 1 N–H and O–H groups in total. The van der Waals surface area contributed by atoms with Gasteiger partial charge in [-0.15, -0.1) is 11.3 Å². The molecule has 1 atom stereocenters. The largest absolute Gasteiger partial charge is 0.465 e. The fraction of sp³-hybridized carbons (Fsp3) is 0.500. The van der Waals surface area contributed by atoms with Crippen molar-refractivity contribution in [2.75, 3.05) is 0 Å². The first kappa shape index (κ1) is 14.4. The van der Waals surface area contributed by atoms with Crippen LogP contribution < -0.4 is 5.32 Å². The fourth-order valence-corrected chi connectivity index (χ4v) is 2.93. The van der Waals surface area contributed by atoms with Crippen LogP contribution in [0.5, 0.6) is 0 Å². The topological polar surface area (TPSA) is 25.2 Å². The maximum absolute atomic E-state index is 5.63. The summed E-state index contributed by atoms with van der Waals surface area (Å²) in [7, 11) is 0. The van der Waals surface area contributed by atoms with Crippen LogP contribution in [-0.4, -0.2) is 0 Å². The van der Waals surface area contributed by atoms with Gasteiger partial charge in [-0.2, -0.15) is 0 Å².